The lowest BCUT2D eigenvalue weighted by Gasteiger charge is -2.25. The van der Waals surface area contributed by atoms with Gasteiger partial charge in [0.2, 0.25) is 6.10 Å². The van der Waals surface area contributed by atoms with Gasteiger partial charge in [-0.3, -0.25) is 0 Å². The van der Waals surface area contributed by atoms with Gasteiger partial charge in [0.1, 0.15) is 5.75 Å². The maximum absolute atomic E-state index is 12.6. The van der Waals surface area contributed by atoms with Crippen LogP contribution in [0.2, 0.25) is 0 Å². The van der Waals surface area contributed by atoms with Crippen LogP contribution in [0.25, 0.3) is 6.08 Å². The van der Waals surface area contributed by atoms with E-state index in [1.54, 1.807) is 12.1 Å². The van der Waals surface area contributed by atoms with Gasteiger partial charge in [0.15, 0.2) is 0 Å². The van der Waals surface area contributed by atoms with E-state index < -0.39 is 12.3 Å². The molecule has 1 aromatic rings. The van der Waals surface area contributed by atoms with Crippen LogP contribution in [0.3, 0.4) is 0 Å². The summed E-state index contributed by atoms with van der Waals surface area (Å²) in [6, 6.07) is 5.45. The van der Waals surface area contributed by atoms with Crippen LogP contribution in [0.5, 0.6) is 5.75 Å². The first-order valence-electron chi connectivity index (χ1n) is 6.20. The van der Waals surface area contributed by atoms with Gasteiger partial charge in [-0.25, -0.2) is 0 Å². The molecule has 1 atom stereocenters. The van der Waals surface area contributed by atoms with Crippen molar-refractivity contribution in [3.05, 3.63) is 35.4 Å². The van der Waals surface area contributed by atoms with Crippen molar-refractivity contribution in [2.24, 2.45) is 5.41 Å². The molecule has 0 saturated carbocycles. The van der Waals surface area contributed by atoms with E-state index in [1.807, 2.05) is 6.07 Å². The zero-order valence-electron chi connectivity index (χ0n) is 11.2. The van der Waals surface area contributed by atoms with E-state index in [9.17, 15) is 13.2 Å². The van der Waals surface area contributed by atoms with Crippen molar-refractivity contribution in [3.63, 3.8) is 0 Å². The Balaban J connectivity index is 2.25. The molecule has 1 aliphatic rings. The topological polar surface area (TPSA) is 9.23 Å². The van der Waals surface area contributed by atoms with Crippen LogP contribution >= 0.6 is 0 Å². The van der Waals surface area contributed by atoms with Crippen molar-refractivity contribution < 1.29 is 17.9 Å². The molecule has 104 valence electrons. The van der Waals surface area contributed by atoms with Gasteiger partial charge in [-0.1, -0.05) is 39.0 Å². The fraction of sp³-hybridized carbons (Fsp3) is 0.467. The van der Waals surface area contributed by atoms with Gasteiger partial charge in [0.05, 0.1) is 0 Å². The van der Waals surface area contributed by atoms with Crippen LogP contribution in [0.1, 0.15) is 31.9 Å². The van der Waals surface area contributed by atoms with Crippen LogP contribution in [0.4, 0.5) is 13.2 Å². The van der Waals surface area contributed by atoms with Gasteiger partial charge in [0, 0.05) is 5.56 Å². The highest BCUT2D eigenvalue weighted by atomic mass is 19.4. The summed E-state index contributed by atoms with van der Waals surface area (Å²) >= 11 is 0. The molecule has 1 aromatic carbocycles. The average Bonchev–Trinajstić information content (AvgIpc) is 2.24. The van der Waals surface area contributed by atoms with Crippen molar-refractivity contribution in [2.45, 2.75) is 39.5 Å². The lowest BCUT2D eigenvalue weighted by atomic mass is 9.87. The summed E-state index contributed by atoms with van der Waals surface area (Å²) < 4.78 is 42.9. The Kier molecular flexibility index (Phi) is 3.37. The second-order valence-electron chi connectivity index (χ2n) is 6.05. The molecular formula is C15H17F3O. The summed E-state index contributed by atoms with van der Waals surface area (Å²) in [5.41, 5.74) is 1.77. The van der Waals surface area contributed by atoms with E-state index in [-0.39, 0.29) is 5.41 Å². The summed E-state index contributed by atoms with van der Waals surface area (Å²) in [6.07, 6.45) is -2.90. The number of hydrogen-bond acceptors (Lipinski definition) is 1. The molecule has 0 bridgehead atoms. The van der Waals surface area contributed by atoms with Crippen LogP contribution in [-0.2, 0) is 6.42 Å². The molecule has 0 aliphatic carbocycles. The third-order valence-corrected chi connectivity index (χ3v) is 2.84. The van der Waals surface area contributed by atoms with E-state index in [1.165, 1.54) is 6.08 Å². The Morgan fingerprint density at radius 1 is 1.16 bits per heavy atom. The molecule has 0 spiro atoms. The number of halogens is 3. The molecule has 4 heteroatoms. The van der Waals surface area contributed by atoms with Gasteiger partial charge in [-0.15, -0.1) is 0 Å². The maximum Gasteiger partial charge on any atom is 0.429 e. The summed E-state index contributed by atoms with van der Waals surface area (Å²) in [5.74, 6) is 0.312. The highest BCUT2D eigenvalue weighted by molar-refractivity contribution is 5.61. The van der Waals surface area contributed by atoms with Gasteiger partial charge in [-0.05, 0) is 29.5 Å². The number of rotatable bonds is 1. The lowest BCUT2D eigenvalue weighted by Crippen LogP contribution is -2.33. The molecule has 19 heavy (non-hydrogen) atoms. The van der Waals surface area contributed by atoms with E-state index >= 15 is 0 Å². The van der Waals surface area contributed by atoms with Gasteiger partial charge < -0.3 is 4.74 Å². The standard InChI is InChI=1S/C15H17F3O/c1-14(2,3)9-10-4-5-11-6-7-13(15(16,17)18)19-12(11)8-10/h4-8,13H,9H2,1-3H3. The van der Waals surface area contributed by atoms with Crippen LogP contribution in [0, 0.1) is 5.41 Å². The minimum Gasteiger partial charge on any atom is -0.476 e. The van der Waals surface area contributed by atoms with Gasteiger partial charge in [-0.2, -0.15) is 13.2 Å². The summed E-state index contributed by atoms with van der Waals surface area (Å²) in [5, 5.41) is 0. The van der Waals surface area contributed by atoms with Gasteiger partial charge in [0.25, 0.3) is 0 Å². The molecule has 1 nitrogen and oxygen atoms in total. The third-order valence-electron chi connectivity index (χ3n) is 2.84. The van der Waals surface area contributed by atoms with Crippen LogP contribution < -0.4 is 4.74 Å². The zero-order valence-corrected chi connectivity index (χ0v) is 11.2. The normalized spacial score (nSPS) is 18.9. The SMILES string of the molecule is CC(C)(C)Cc1ccc2c(c1)OC(C(F)(F)F)C=C2. The van der Waals surface area contributed by atoms with E-state index in [0.29, 0.717) is 11.3 Å². The third kappa shape index (κ3) is 3.52. The van der Waals surface area contributed by atoms with E-state index in [2.05, 4.69) is 20.8 Å². The zero-order chi connectivity index (χ0) is 14.3. The monoisotopic (exact) mass is 270 g/mol. The van der Waals surface area contributed by atoms with Crippen LogP contribution in [-0.4, -0.2) is 12.3 Å². The average molecular weight is 270 g/mol. The fourth-order valence-corrected chi connectivity index (χ4v) is 2.08. The summed E-state index contributed by atoms with van der Waals surface area (Å²) in [4.78, 5) is 0. The van der Waals surface area contributed by atoms with Crippen molar-refractivity contribution in [1.82, 2.24) is 0 Å². The number of alkyl halides is 3. The Hall–Kier alpha value is -1.45. The number of hydrogen-bond donors (Lipinski definition) is 0. The number of benzene rings is 1. The molecule has 0 amide bonds. The number of fused-ring (bicyclic) bond motifs is 1. The smallest absolute Gasteiger partial charge is 0.429 e. The first-order valence-corrected chi connectivity index (χ1v) is 6.20. The first kappa shape index (κ1) is 14.0. The molecular weight excluding hydrogens is 253 g/mol. The quantitative estimate of drug-likeness (QED) is 0.724. The summed E-state index contributed by atoms with van der Waals surface area (Å²) in [6.45, 7) is 6.27. The Labute approximate surface area is 111 Å². The predicted octanol–water partition coefficient (Wildman–Crippen LogP) is 4.61. The Morgan fingerprint density at radius 3 is 2.42 bits per heavy atom. The maximum atomic E-state index is 12.6. The molecule has 0 aromatic heterocycles. The molecule has 1 aliphatic heterocycles. The van der Waals surface area contributed by atoms with E-state index in [0.717, 1.165) is 18.1 Å². The molecule has 2 rings (SSSR count). The molecule has 0 N–H and O–H groups in total. The Morgan fingerprint density at radius 2 is 1.84 bits per heavy atom. The lowest BCUT2D eigenvalue weighted by molar-refractivity contribution is -0.180. The van der Waals surface area contributed by atoms with Crippen molar-refractivity contribution in [1.29, 1.82) is 0 Å². The number of ether oxygens (including phenoxy) is 1. The fourth-order valence-electron chi connectivity index (χ4n) is 2.08. The first-order chi connectivity index (χ1) is 8.65. The highest BCUT2D eigenvalue weighted by Crippen LogP contribution is 2.34. The predicted molar refractivity (Wildman–Crippen MR) is 69.1 cm³/mol. The second kappa shape index (κ2) is 4.58. The summed E-state index contributed by atoms with van der Waals surface area (Å²) in [7, 11) is 0. The van der Waals surface area contributed by atoms with E-state index in [4.69, 9.17) is 4.74 Å². The largest absolute Gasteiger partial charge is 0.476 e. The molecule has 0 saturated heterocycles. The second-order valence-corrected chi connectivity index (χ2v) is 6.05. The molecule has 1 heterocycles. The highest BCUT2D eigenvalue weighted by Gasteiger charge is 2.41. The molecule has 0 fully saturated rings. The van der Waals surface area contributed by atoms with Crippen LogP contribution in [0.15, 0.2) is 24.3 Å². The minimum absolute atomic E-state index is 0.0855. The van der Waals surface area contributed by atoms with Gasteiger partial charge >= 0.3 is 6.18 Å². The Bertz CT molecular complexity index is 495. The van der Waals surface area contributed by atoms with Crippen molar-refractivity contribution in [2.75, 3.05) is 0 Å². The van der Waals surface area contributed by atoms with Crippen molar-refractivity contribution in [3.8, 4) is 5.75 Å². The molecule has 1 unspecified atom stereocenters. The minimum atomic E-state index is -4.37. The molecule has 0 radical (unpaired) electrons. The van der Waals surface area contributed by atoms with Crippen molar-refractivity contribution >= 4 is 6.08 Å².